The summed E-state index contributed by atoms with van der Waals surface area (Å²) in [6.07, 6.45) is 1.15. The summed E-state index contributed by atoms with van der Waals surface area (Å²) in [6.45, 7) is 7.73. The highest BCUT2D eigenvalue weighted by Crippen LogP contribution is 2.37. The average molecular weight is 526 g/mol. The average Bonchev–Trinajstić information content (AvgIpc) is 3.38. The summed E-state index contributed by atoms with van der Waals surface area (Å²) < 4.78 is 5.25. The molecule has 1 aromatic rings. The number of phenols is 1. The van der Waals surface area contributed by atoms with Crippen LogP contribution < -0.4 is 5.32 Å². The lowest BCUT2D eigenvalue weighted by molar-refractivity contribution is -0.141. The Hall–Kier alpha value is -1.69. The van der Waals surface area contributed by atoms with Crippen LogP contribution in [0.15, 0.2) is 23.2 Å². The van der Waals surface area contributed by atoms with Gasteiger partial charge in [-0.05, 0) is 43.6 Å². The molecule has 2 unspecified atom stereocenters. The molecule has 3 N–H and O–H groups in total. The van der Waals surface area contributed by atoms with Crippen LogP contribution in [0, 0.1) is 0 Å². The Labute approximate surface area is 210 Å². The number of alkyl carbamates (subject to hydrolysis) is 1. The number of likely N-dealkylation sites (N-methyl/N-ethyl adjacent to an activating group) is 1. The predicted octanol–water partition coefficient (Wildman–Crippen LogP) is 3.71. The lowest BCUT2D eigenvalue weighted by atomic mass is 10.1. The zero-order valence-electron chi connectivity index (χ0n) is 20.2. The minimum atomic E-state index is -1.21. The molecule has 0 aromatic heterocycles. The molecule has 2 aliphatic rings. The lowest BCUT2D eigenvalue weighted by Gasteiger charge is -2.24. The fraction of sp³-hybridized carbons (Fsp3) is 0.609. The lowest BCUT2D eigenvalue weighted by Crippen LogP contribution is -2.42. The number of aliphatic carboxylic acids is 1. The van der Waals surface area contributed by atoms with Crippen molar-refractivity contribution in [3.05, 3.63) is 29.3 Å². The van der Waals surface area contributed by atoms with Gasteiger partial charge < -0.3 is 20.3 Å². The van der Waals surface area contributed by atoms with Crippen LogP contribution in [-0.2, 0) is 16.0 Å². The molecular weight excluding hydrogens is 490 g/mol. The number of amides is 1. The Bertz CT molecular complexity index is 924. The van der Waals surface area contributed by atoms with E-state index in [9.17, 15) is 19.8 Å². The molecule has 0 bridgehead atoms. The first-order valence-electron chi connectivity index (χ1n) is 11.5. The van der Waals surface area contributed by atoms with Crippen molar-refractivity contribution >= 4 is 48.7 Å². The Morgan fingerprint density at radius 3 is 2.74 bits per heavy atom. The second kappa shape index (κ2) is 11.8. The highest BCUT2D eigenvalue weighted by atomic mass is 32.2. The summed E-state index contributed by atoms with van der Waals surface area (Å²) in [5.74, 6) is 0.711. The number of rotatable bonds is 10. The molecule has 0 aliphatic carbocycles. The molecule has 188 valence electrons. The summed E-state index contributed by atoms with van der Waals surface area (Å²) in [5, 5.41) is 23.4. The first-order chi connectivity index (χ1) is 16.0. The second-order valence-corrected chi connectivity index (χ2v) is 17.7. The molecule has 34 heavy (non-hydrogen) atoms. The van der Waals surface area contributed by atoms with Crippen LogP contribution in [0.25, 0.3) is 0 Å². The number of carbonyl (C=O) groups is 2. The van der Waals surface area contributed by atoms with Crippen molar-refractivity contribution in [2.24, 2.45) is 4.99 Å². The Morgan fingerprint density at radius 1 is 1.29 bits per heavy atom. The number of nitrogens with one attached hydrogen (secondary N) is 1. The molecule has 1 amide bonds. The van der Waals surface area contributed by atoms with E-state index in [-0.39, 0.29) is 23.3 Å². The van der Waals surface area contributed by atoms with Gasteiger partial charge in [0.2, 0.25) is 0 Å². The molecule has 2 aliphatic heterocycles. The molecule has 2 heterocycles. The van der Waals surface area contributed by atoms with Gasteiger partial charge in [-0.2, -0.15) is 0 Å². The molecule has 3 rings (SSSR count). The molecular formula is C23H35N3O5S2Si. The summed E-state index contributed by atoms with van der Waals surface area (Å²) in [7, 11) is 0.628. The maximum absolute atomic E-state index is 11.8. The first-order valence-corrected chi connectivity index (χ1v) is 17.3. The van der Waals surface area contributed by atoms with E-state index >= 15 is 0 Å². The molecule has 0 spiro atoms. The number of aliphatic imine (C=N–C) groups is 1. The molecule has 1 saturated heterocycles. The third-order valence-corrected chi connectivity index (χ3v) is 10.2. The quantitative estimate of drug-likeness (QED) is 0.313. The van der Waals surface area contributed by atoms with Crippen LogP contribution in [0.5, 0.6) is 5.75 Å². The van der Waals surface area contributed by atoms with E-state index in [1.165, 1.54) is 0 Å². The Morgan fingerprint density at radius 2 is 2.06 bits per heavy atom. The van der Waals surface area contributed by atoms with Gasteiger partial charge in [0.15, 0.2) is 0 Å². The fourth-order valence-electron chi connectivity index (χ4n) is 3.81. The first kappa shape index (κ1) is 26.9. The summed E-state index contributed by atoms with van der Waals surface area (Å²) in [4.78, 5) is 30.0. The van der Waals surface area contributed by atoms with Crippen molar-refractivity contribution in [2.45, 2.75) is 56.0 Å². The summed E-state index contributed by atoms with van der Waals surface area (Å²) >= 11 is 3.23. The number of carboxylic acids is 1. The molecule has 0 saturated carbocycles. The molecule has 0 radical (unpaired) electrons. The number of aryl methyl sites for hydroxylation is 1. The topological polar surface area (TPSA) is 111 Å². The number of ether oxygens (including phenoxy) is 1. The van der Waals surface area contributed by atoms with Gasteiger partial charge in [0, 0.05) is 31.7 Å². The maximum atomic E-state index is 11.8. The second-order valence-electron chi connectivity index (χ2n) is 9.88. The fourth-order valence-corrected chi connectivity index (χ4v) is 7.28. The molecule has 8 nitrogen and oxygen atoms in total. The van der Waals surface area contributed by atoms with E-state index in [2.05, 4.69) is 25.0 Å². The van der Waals surface area contributed by atoms with E-state index in [1.54, 1.807) is 29.6 Å². The van der Waals surface area contributed by atoms with Crippen LogP contribution in [0.4, 0.5) is 4.79 Å². The normalized spacial score (nSPS) is 23.1. The summed E-state index contributed by atoms with van der Waals surface area (Å²) in [5.41, 5.74) is 1.77. The van der Waals surface area contributed by atoms with Crippen LogP contribution in [0.3, 0.4) is 0 Å². The molecule has 11 heteroatoms. The maximum Gasteiger partial charge on any atom is 0.407 e. The van der Waals surface area contributed by atoms with Gasteiger partial charge >= 0.3 is 12.1 Å². The van der Waals surface area contributed by atoms with Gasteiger partial charge in [-0.15, -0.1) is 23.5 Å². The summed E-state index contributed by atoms with van der Waals surface area (Å²) in [6, 6.07) is 5.99. The Kier molecular flexibility index (Phi) is 9.36. The number of carboxylic acid groups (broad SMARTS) is 1. The van der Waals surface area contributed by atoms with Gasteiger partial charge in [-0.3, -0.25) is 14.7 Å². The van der Waals surface area contributed by atoms with Crippen molar-refractivity contribution in [3.8, 4) is 5.75 Å². The highest BCUT2D eigenvalue weighted by molar-refractivity contribution is 8.14. The number of aromatic hydroxyl groups is 1. The highest BCUT2D eigenvalue weighted by Gasteiger charge is 2.41. The largest absolute Gasteiger partial charge is 0.507 e. The number of phenolic OH excluding ortho intramolecular Hbond substituents is 1. The molecule has 1 aromatic carbocycles. The van der Waals surface area contributed by atoms with Crippen LogP contribution >= 0.6 is 23.5 Å². The minimum Gasteiger partial charge on any atom is -0.507 e. The van der Waals surface area contributed by atoms with Gasteiger partial charge in [0.05, 0.1) is 18.0 Å². The van der Waals surface area contributed by atoms with Gasteiger partial charge in [0.25, 0.3) is 0 Å². The van der Waals surface area contributed by atoms with Crippen molar-refractivity contribution in [1.82, 2.24) is 10.2 Å². The number of benzene rings is 1. The third kappa shape index (κ3) is 7.40. The zero-order valence-corrected chi connectivity index (χ0v) is 22.9. The smallest absolute Gasteiger partial charge is 0.407 e. The standard InChI is InChI=1S/C23H35N3O5S2Si/c1-26-18(22(28)29)14-33-21(26)17-13-32-20(25-17)16-12-15(7-8-19(16)27)6-5-9-24-23(30)31-10-11-34(2,3)4/h7-8,12,17-18,21,27H,5-6,9-11,13-14H2,1-4H3,(H,24,30)(H,28,29)/t17?,18-,21?/m0/s1. The minimum absolute atomic E-state index is 0.0152. The van der Waals surface area contributed by atoms with Gasteiger partial charge in [-0.25, -0.2) is 4.79 Å². The van der Waals surface area contributed by atoms with Gasteiger partial charge in [0.1, 0.15) is 16.8 Å². The number of thioether (sulfide) groups is 2. The van der Waals surface area contributed by atoms with Crippen molar-refractivity contribution in [2.75, 3.05) is 31.7 Å². The van der Waals surface area contributed by atoms with E-state index in [4.69, 9.17) is 9.73 Å². The van der Waals surface area contributed by atoms with Crippen LogP contribution in [0.2, 0.25) is 25.7 Å². The van der Waals surface area contributed by atoms with Crippen molar-refractivity contribution in [1.29, 1.82) is 0 Å². The van der Waals surface area contributed by atoms with E-state index in [0.29, 0.717) is 24.5 Å². The van der Waals surface area contributed by atoms with E-state index < -0.39 is 20.1 Å². The van der Waals surface area contributed by atoms with Gasteiger partial charge in [-0.1, -0.05) is 25.7 Å². The van der Waals surface area contributed by atoms with Crippen LogP contribution in [-0.4, -0.2) is 89.5 Å². The monoisotopic (exact) mass is 525 g/mol. The number of hydrogen-bond acceptors (Lipinski definition) is 8. The van der Waals surface area contributed by atoms with Crippen molar-refractivity contribution < 1.29 is 24.5 Å². The number of carbonyl (C=O) groups excluding carboxylic acids is 1. The van der Waals surface area contributed by atoms with Crippen molar-refractivity contribution in [3.63, 3.8) is 0 Å². The Balaban J connectivity index is 1.51. The molecule has 3 atom stereocenters. The number of hydrogen-bond donors (Lipinski definition) is 3. The van der Waals surface area contributed by atoms with E-state index in [1.807, 2.05) is 24.1 Å². The third-order valence-electron chi connectivity index (χ3n) is 5.89. The van der Waals surface area contributed by atoms with E-state index in [0.717, 1.165) is 35.2 Å². The predicted molar refractivity (Wildman–Crippen MR) is 142 cm³/mol. The van der Waals surface area contributed by atoms with Crippen LogP contribution in [0.1, 0.15) is 17.5 Å². The number of nitrogens with zero attached hydrogens (tertiary/aromatic N) is 2. The zero-order chi connectivity index (χ0) is 24.9. The SMILES string of the molecule is CN1C(C2CSC(c3cc(CCCNC(=O)OCC[Si](C)(C)C)ccc3O)=N2)SC[C@H]1C(=O)O. The molecule has 1 fully saturated rings.